The van der Waals surface area contributed by atoms with Gasteiger partial charge in [-0.25, -0.2) is 0 Å². The van der Waals surface area contributed by atoms with Crippen molar-refractivity contribution in [2.24, 2.45) is 0 Å². The zero-order valence-corrected chi connectivity index (χ0v) is 11.2. The molecule has 0 aliphatic heterocycles. The fourth-order valence-electron chi connectivity index (χ4n) is 1.26. The Bertz CT molecular complexity index is 436. The summed E-state index contributed by atoms with van der Waals surface area (Å²) in [6, 6.07) is 5.77. The standard InChI is InChI=1S/C11H13BrN2O3/c1-8(7-12)13(2)11(15)9-4-3-5-10(6-9)14(16)17/h3-6,8H,7H2,1-2H3. The largest absolute Gasteiger partial charge is 0.338 e. The van der Waals surface area contributed by atoms with E-state index in [0.717, 1.165) is 0 Å². The van der Waals surface area contributed by atoms with E-state index < -0.39 is 4.92 Å². The zero-order chi connectivity index (χ0) is 13.0. The first-order valence-electron chi connectivity index (χ1n) is 5.05. The van der Waals surface area contributed by atoms with Crippen LogP contribution in [0.4, 0.5) is 5.69 Å². The summed E-state index contributed by atoms with van der Waals surface area (Å²) < 4.78 is 0. The number of nitro groups is 1. The minimum atomic E-state index is -0.509. The Balaban J connectivity index is 2.96. The molecule has 0 saturated heterocycles. The number of alkyl halides is 1. The monoisotopic (exact) mass is 300 g/mol. The highest BCUT2D eigenvalue weighted by atomic mass is 79.9. The predicted octanol–water partition coefficient (Wildman–Crippen LogP) is 2.45. The topological polar surface area (TPSA) is 63.5 Å². The minimum absolute atomic E-state index is 0.0294. The SMILES string of the molecule is CC(CBr)N(C)C(=O)c1cccc([N+](=O)[O-])c1. The molecule has 0 saturated carbocycles. The molecule has 92 valence electrons. The van der Waals surface area contributed by atoms with E-state index in [1.807, 2.05) is 6.92 Å². The molecular weight excluding hydrogens is 288 g/mol. The molecule has 1 atom stereocenters. The minimum Gasteiger partial charge on any atom is -0.338 e. The molecule has 17 heavy (non-hydrogen) atoms. The van der Waals surface area contributed by atoms with Crippen molar-refractivity contribution in [1.82, 2.24) is 4.90 Å². The van der Waals surface area contributed by atoms with Gasteiger partial charge in [0.05, 0.1) is 4.92 Å². The summed E-state index contributed by atoms with van der Waals surface area (Å²) in [5.41, 5.74) is 0.255. The molecule has 1 aromatic carbocycles. The van der Waals surface area contributed by atoms with E-state index in [9.17, 15) is 14.9 Å². The maximum absolute atomic E-state index is 12.0. The quantitative estimate of drug-likeness (QED) is 0.487. The van der Waals surface area contributed by atoms with Crippen LogP contribution in [0.1, 0.15) is 17.3 Å². The van der Waals surface area contributed by atoms with Crippen molar-refractivity contribution in [2.75, 3.05) is 12.4 Å². The molecule has 6 heteroatoms. The summed E-state index contributed by atoms with van der Waals surface area (Å²) in [6.07, 6.45) is 0. The Labute approximate surface area is 108 Å². The van der Waals surface area contributed by atoms with Gasteiger partial charge >= 0.3 is 0 Å². The normalized spacial score (nSPS) is 11.9. The number of nitro benzene ring substituents is 1. The first-order valence-corrected chi connectivity index (χ1v) is 6.17. The third kappa shape index (κ3) is 3.26. The summed E-state index contributed by atoms with van der Waals surface area (Å²) in [4.78, 5) is 23.7. The number of hydrogen-bond acceptors (Lipinski definition) is 3. The molecule has 0 heterocycles. The number of rotatable bonds is 4. The lowest BCUT2D eigenvalue weighted by Gasteiger charge is -2.23. The van der Waals surface area contributed by atoms with E-state index in [4.69, 9.17) is 0 Å². The van der Waals surface area contributed by atoms with Gasteiger partial charge in [-0.2, -0.15) is 0 Å². The van der Waals surface area contributed by atoms with E-state index in [0.29, 0.717) is 10.9 Å². The summed E-state index contributed by atoms with van der Waals surface area (Å²) in [6.45, 7) is 1.89. The van der Waals surface area contributed by atoms with Gasteiger partial charge in [0.25, 0.3) is 11.6 Å². The van der Waals surface area contributed by atoms with Crippen molar-refractivity contribution in [2.45, 2.75) is 13.0 Å². The number of non-ortho nitro benzene ring substituents is 1. The number of amides is 1. The number of nitrogens with zero attached hydrogens (tertiary/aromatic N) is 2. The van der Waals surface area contributed by atoms with Gasteiger partial charge in [-0.15, -0.1) is 0 Å². The van der Waals surface area contributed by atoms with Crippen molar-refractivity contribution in [3.05, 3.63) is 39.9 Å². The van der Waals surface area contributed by atoms with Crippen LogP contribution in [-0.4, -0.2) is 34.2 Å². The lowest BCUT2D eigenvalue weighted by atomic mass is 10.1. The Hall–Kier alpha value is -1.43. The van der Waals surface area contributed by atoms with Crippen LogP contribution in [0.2, 0.25) is 0 Å². The number of carbonyl (C=O) groups excluding carboxylic acids is 1. The number of carbonyl (C=O) groups is 1. The Morgan fingerprint density at radius 3 is 2.76 bits per heavy atom. The molecular formula is C11H13BrN2O3. The summed E-state index contributed by atoms with van der Waals surface area (Å²) in [7, 11) is 1.67. The van der Waals surface area contributed by atoms with E-state index in [2.05, 4.69) is 15.9 Å². The van der Waals surface area contributed by atoms with Crippen molar-refractivity contribution in [3.63, 3.8) is 0 Å². The van der Waals surface area contributed by atoms with Gasteiger partial charge in [0.2, 0.25) is 0 Å². The van der Waals surface area contributed by atoms with E-state index in [-0.39, 0.29) is 17.6 Å². The van der Waals surface area contributed by atoms with Gasteiger partial charge in [0.1, 0.15) is 0 Å². The molecule has 1 amide bonds. The predicted molar refractivity (Wildman–Crippen MR) is 68.4 cm³/mol. The lowest BCUT2D eigenvalue weighted by Crippen LogP contribution is -2.36. The van der Waals surface area contributed by atoms with Crippen molar-refractivity contribution in [1.29, 1.82) is 0 Å². The number of hydrogen-bond donors (Lipinski definition) is 0. The third-order valence-electron chi connectivity index (χ3n) is 2.51. The van der Waals surface area contributed by atoms with Crippen LogP contribution in [0.15, 0.2) is 24.3 Å². The lowest BCUT2D eigenvalue weighted by molar-refractivity contribution is -0.384. The van der Waals surface area contributed by atoms with Crippen LogP contribution in [0.3, 0.4) is 0 Å². The van der Waals surface area contributed by atoms with E-state index >= 15 is 0 Å². The number of halogens is 1. The third-order valence-corrected chi connectivity index (χ3v) is 3.45. The van der Waals surface area contributed by atoms with Gasteiger partial charge in [0, 0.05) is 36.1 Å². The fraction of sp³-hybridized carbons (Fsp3) is 0.364. The molecule has 0 fully saturated rings. The van der Waals surface area contributed by atoms with Crippen LogP contribution in [0.5, 0.6) is 0 Å². The van der Waals surface area contributed by atoms with Gasteiger partial charge in [-0.05, 0) is 13.0 Å². The molecule has 0 aliphatic rings. The Morgan fingerprint density at radius 1 is 1.59 bits per heavy atom. The average molecular weight is 301 g/mol. The highest BCUT2D eigenvalue weighted by molar-refractivity contribution is 9.09. The average Bonchev–Trinajstić information content (AvgIpc) is 2.36. The molecule has 1 aromatic rings. The zero-order valence-electron chi connectivity index (χ0n) is 9.59. The van der Waals surface area contributed by atoms with Gasteiger partial charge in [-0.1, -0.05) is 22.0 Å². The van der Waals surface area contributed by atoms with Gasteiger partial charge < -0.3 is 4.90 Å². The number of benzene rings is 1. The molecule has 0 aliphatic carbocycles. The maximum atomic E-state index is 12.0. The van der Waals surface area contributed by atoms with Crippen molar-refractivity contribution >= 4 is 27.5 Å². The van der Waals surface area contributed by atoms with E-state index in [1.54, 1.807) is 18.0 Å². The second-order valence-corrected chi connectivity index (χ2v) is 4.37. The first kappa shape index (κ1) is 13.6. The first-order chi connectivity index (χ1) is 7.97. The van der Waals surface area contributed by atoms with Crippen molar-refractivity contribution in [3.8, 4) is 0 Å². The molecule has 0 aromatic heterocycles. The maximum Gasteiger partial charge on any atom is 0.270 e. The van der Waals surface area contributed by atoms with Crippen LogP contribution >= 0.6 is 15.9 Å². The molecule has 0 spiro atoms. The van der Waals surface area contributed by atoms with Crippen LogP contribution < -0.4 is 0 Å². The fourth-order valence-corrected chi connectivity index (χ4v) is 1.69. The summed E-state index contributed by atoms with van der Waals surface area (Å²) >= 11 is 3.29. The van der Waals surface area contributed by atoms with E-state index in [1.165, 1.54) is 18.2 Å². The smallest absolute Gasteiger partial charge is 0.270 e. The van der Waals surface area contributed by atoms with Crippen molar-refractivity contribution < 1.29 is 9.72 Å². The molecule has 1 unspecified atom stereocenters. The Kier molecular flexibility index (Phi) is 4.62. The molecule has 1 rings (SSSR count). The second kappa shape index (κ2) is 5.77. The highest BCUT2D eigenvalue weighted by Gasteiger charge is 2.18. The van der Waals surface area contributed by atoms with Crippen LogP contribution in [0, 0.1) is 10.1 Å². The molecule has 0 N–H and O–H groups in total. The Morgan fingerprint density at radius 2 is 2.24 bits per heavy atom. The molecule has 0 radical (unpaired) electrons. The van der Waals surface area contributed by atoms with Crippen LogP contribution in [-0.2, 0) is 0 Å². The second-order valence-electron chi connectivity index (χ2n) is 3.73. The molecule has 5 nitrogen and oxygen atoms in total. The summed E-state index contributed by atoms with van der Waals surface area (Å²) in [5.74, 6) is -0.222. The van der Waals surface area contributed by atoms with Gasteiger partial charge in [-0.3, -0.25) is 14.9 Å². The summed E-state index contributed by atoms with van der Waals surface area (Å²) in [5, 5.41) is 11.3. The highest BCUT2D eigenvalue weighted by Crippen LogP contribution is 2.15. The van der Waals surface area contributed by atoms with Gasteiger partial charge in [0.15, 0.2) is 0 Å². The molecule has 0 bridgehead atoms. The van der Waals surface area contributed by atoms with Crippen LogP contribution in [0.25, 0.3) is 0 Å².